The number of carbonyl (C=O) groups is 2. The molecular weight excluding hydrogens is 396 g/mol. The van der Waals surface area contributed by atoms with Crippen LogP contribution in [0.15, 0.2) is 65.3 Å². The van der Waals surface area contributed by atoms with Gasteiger partial charge in [-0.15, -0.1) is 0 Å². The number of amides is 2. The lowest BCUT2D eigenvalue weighted by Crippen LogP contribution is -2.34. The number of fused-ring (bicyclic) bond motifs is 1. The molecular formula is C24H24N2O5. The number of nitrogens with one attached hydrogen (secondary N) is 1. The number of hydrogen-bond donors (Lipinski definition) is 1. The van der Waals surface area contributed by atoms with Gasteiger partial charge in [-0.05, 0) is 41.5 Å². The molecule has 2 amide bonds. The number of methoxy groups -OCH3 is 2. The van der Waals surface area contributed by atoms with Gasteiger partial charge < -0.3 is 24.1 Å². The monoisotopic (exact) mass is 420 g/mol. The van der Waals surface area contributed by atoms with Crippen molar-refractivity contribution in [2.24, 2.45) is 0 Å². The second kappa shape index (κ2) is 8.95. The third kappa shape index (κ3) is 4.26. The summed E-state index contributed by atoms with van der Waals surface area (Å²) in [6.07, 6.45) is 1.67. The standard InChI is InChI=1S/C24H24N2O5/c1-29-21-10-9-16(12-22(21)30-2)20(13-23(27)25-14-18-7-5-11-31-18)26-15-17-6-3-4-8-19(17)24(26)28/h3-12,20H,13-15H2,1-2H3,(H,25,27). The molecule has 1 aliphatic heterocycles. The third-order valence-electron chi connectivity index (χ3n) is 5.44. The van der Waals surface area contributed by atoms with Crippen LogP contribution in [0.1, 0.15) is 39.7 Å². The van der Waals surface area contributed by atoms with E-state index in [2.05, 4.69) is 5.32 Å². The molecule has 0 bridgehead atoms. The number of carbonyl (C=O) groups excluding carboxylic acids is 2. The summed E-state index contributed by atoms with van der Waals surface area (Å²) in [6, 6.07) is 16.1. The van der Waals surface area contributed by atoms with Gasteiger partial charge in [0.2, 0.25) is 5.91 Å². The maximum absolute atomic E-state index is 13.1. The summed E-state index contributed by atoms with van der Waals surface area (Å²) >= 11 is 0. The van der Waals surface area contributed by atoms with Crippen LogP contribution in [-0.2, 0) is 17.9 Å². The lowest BCUT2D eigenvalue weighted by Gasteiger charge is -2.28. The Kier molecular flexibility index (Phi) is 5.93. The zero-order valence-corrected chi connectivity index (χ0v) is 17.5. The number of ether oxygens (including phenoxy) is 2. The first-order valence-corrected chi connectivity index (χ1v) is 10.0. The second-order valence-corrected chi connectivity index (χ2v) is 7.28. The van der Waals surface area contributed by atoms with Gasteiger partial charge >= 0.3 is 0 Å². The first-order valence-electron chi connectivity index (χ1n) is 10.0. The highest BCUT2D eigenvalue weighted by Crippen LogP contribution is 2.37. The molecule has 1 unspecified atom stereocenters. The zero-order chi connectivity index (χ0) is 21.8. The summed E-state index contributed by atoms with van der Waals surface area (Å²) in [5.74, 6) is 1.53. The number of rotatable bonds is 8. The van der Waals surface area contributed by atoms with Gasteiger partial charge in [-0.25, -0.2) is 0 Å². The van der Waals surface area contributed by atoms with E-state index >= 15 is 0 Å². The van der Waals surface area contributed by atoms with Crippen molar-refractivity contribution in [3.8, 4) is 11.5 Å². The fraction of sp³-hybridized carbons (Fsp3) is 0.250. The van der Waals surface area contributed by atoms with Gasteiger partial charge in [0.15, 0.2) is 11.5 Å². The maximum Gasteiger partial charge on any atom is 0.255 e. The molecule has 1 atom stereocenters. The van der Waals surface area contributed by atoms with Gasteiger partial charge in [0.05, 0.1) is 39.5 Å². The molecule has 0 saturated heterocycles. The van der Waals surface area contributed by atoms with E-state index in [0.29, 0.717) is 35.9 Å². The number of nitrogens with zero attached hydrogens (tertiary/aromatic N) is 1. The summed E-state index contributed by atoms with van der Waals surface area (Å²) in [6.45, 7) is 0.734. The Hall–Kier alpha value is -3.74. The van der Waals surface area contributed by atoms with Crippen molar-refractivity contribution in [3.05, 3.63) is 83.3 Å². The molecule has 2 heterocycles. The highest BCUT2D eigenvalue weighted by Gasteiger charge is 2.34. The fourth-order valence-electron chi connectivity index (χ4n) is 3.84. The molecule has 4 rings (SSSR count). The number of furan rings is 1. The van der Waals surface area contributed by atoms with Gasteiger partial charge in [0.25, 0.3) is 5.91 Å². The van der Waals surface area contributed by atoms with Crippen LogP contribution in [0.5, 0.6) is 11.5 Å². The van der Waals surface area contributed by atoms with Crippen LogP contribution in [0.2, 0.25) is 0 Å². The molecule has 1 N–H and O–H groups in total. The Labute approximate surface area is 180 Å². The molecule has 0 spiro atoms. The highest BCUT2D eigenvalue weighted by molar-refractivity contribution is 5.98. The molecule has 7 nitrogen and oxygen atoms in total. The average molecular weight is 420 g/mol. The Morgan fingerprint density at radius 2 is 1.90 bits per heavy atom. The quantitative estimate of drug-likeness (QED) is 0.601. The molecule has 1 aliphatic rings. The summed E-state index contributed by atoms with van der Waals surface area (Å²) in [7, 11) is 3.13. The van der Waals surface area contributed by atoms with Crippen molar-refractivity contribution in [1.29, 1.82) is 0 Å². The molecule has 160 valence electrons. The largest absolute Gasteiger partial charge is 0.493 e. The van der Waals surface area contributed by atoms with E-state index in [4.69, 9.17) is 13.9 Å². The molecule has 31 heavy (non-hydrogen) atoms. The Morgan fingerprint density at radius 1 is 1.10 bits per heavy atom. The lowest BCUT2D eigenvalue weighted by molar-refractivity contribution is -0.122. The van der Waals surface area contributed by atoms with Crippen molar-refractivity contribution in [1.82, 2.24) is 10.2 Å². The predicted octanol–water partition coefficient (Wildman–Crippen LogP) is 3.70. The van der Waals surface area contributed by atoms with Crippen molar-refractivity contribution in [2.75, 3.05) is 14.2 Å². The maximum atomic E-state index is 13.1. The van der Waals surface area contributed by atoms with Crippen molar-refractivity contribution in [2.45, 2.75) is 25.6 Å². The molecule has 0 aliphatic carbocycles. The van der Waals surface area contributed by atoms with Crippen molar-refractivity contribution >= 4 is 11.8 Å². The molecule has 0 saturated carbocycles. The summed E-state index contributed by atoms with van der Waals surface area (Å²) < 4.78 is 16.1. The molecule has 1 aromatic heterocycles. The van der Waals surface area contributed by atoms with E-state index < -0.39 is 6.04 Å². The predicted molar refractivity (Wildman–Crippen MR) is 114 cm³/mol. The smallest absolute Gasteiger partial charge is 0.255 e. The number of hydrogen-bond acceptors (Lipinski definition) is 5. The zero-order valence-electron chi connectivity index (χ0n) is 17.5. The van der Waals surface area contributed by atoms with Crippen LogP contribution in [0.4, 0.5) is 0 Å². The van der Waals surface area contributed by atoms with Crippen LogP contribution < -0.4 is 14.8 Å². The lowest BCUT2D eigenvalue weighted by atomic mass is 10.0. The van der Waals surface area contributed by atoms with Gasteiger partial charge in [-0.3, -0.25) is 9.59 Å². The van der Waals surface area contributed by atoms with Gasteiger partial charge in [-0.1, -0.05) is 24.3 Å². The average Bonchev–Trinajstić information content (AvgIpc) is 3.44. The SMILES string of the molecule is COc1ccc(C(CC(=O)NCc2ccco2)N2Cc3ccccc3C2=O)cc1OC. The van der Waals surface area contributed by atoms with Crippen LogP contribution in [0, 0.1) is 0 Å². The second-order valence-electron chi connectivity index (χ2n) is 7.28. The van der Waals surface area contributed by atoms with Crippen LogP contribution in [-0.4, -0.2) is 30.9 Å². The van der Waals surface area contributed by atoms with Crippen LogP contribution in [0.3, 0.4) is 0 Å². The van der Waals surface area contributed by atoms with Gasteiger partial charge in [-0.2, -0.15) is 0 Å². The van der Waals surface area contributed by atoms with E-state index in [0.717, 1.165) is 11.1 Å². The van der Waals surface area contributed by atoms with E-state index in [1.807, 2.05) is 36.4 Å². The summed E-state index contributed by atoms with van der Waals surface area (Å²) in [5.41, 5.74) is 2.42. The Bertz CT molecular complexity index is 1080. The minimum absolute atomic E-state index is 0.0887. The van der Waals surface area contributed by atoms with Gasteiger partial charge in [0.1, 0.15) is 5.76 Å². The van der Waals surface area contributed by atoms with Gasteiger partial charge in [0, 0.05) is 12.1 Å². The molecule has 0 fully saturated rings. The van der Waals surface area contributed by atoms with E-state index in [1.165, 1.54) is 0 Å². The van der Waals surface area contributed by atoms with Crippen molar-refractivity contribution in [3.63, 3.8) is 0 Å². The number of benzene rings is 2. The van der Waals surface area contributed by atoms with Crippen LogP contribution >= 0.6 is 0 Å². The first-order chi connectivity index (χ1) is 15.1. The summed E-state index contributed by atoms with van der Waals surface area (Å²) in [5, 5.41) is 2.87. The van der Waals surface area contributed by atoms with E-state index in [9.17, 15) is 9.59 Å². The highest BCUT2D eigenvalue weighted by atomic mass is 16.5. The Balaban J connectivity index is 1.61. The normalized spacial score (nSPS) is 13.6. The summed E-state index contributed by atoms with van der Waals surface area (Å²) in [4.78, 5) is 27.7. The Morgan fingerprint density at radius 3 is 2.61 bits per heavy atom. The first kappa shape index (κ1) is 20.5. The van der Waals surface area contributed by atoms with E-state index in [1.54, 1.807) is 43.6 Å². The third-order valence-corrected chi connectivity index (χ3v) is 5.44. The molecule has 2 aromatic carbocycles. The van der Waals surface area contributed by atoms with Crippen LogP contribution in [0.25, 0.3) is 0 Å². The minimum Gasteiger partial charge on any atom is -0.493 e. The topological polar surface area (TPSA) is 81.0 Å². The minimum atomic E-state index is -0.462. The molecule has 7 heteroatoms. The molecule has 0 radical (unpaired) electrons. The van der Waals surface area contributed by atoms with E-state index in [-0.39, 0.29) is 18.2 Å². The van der Waals surface area contributed by atoms with Crippen molar-refractivity contribution < 1.29 is 23.5 Å². The molecule has 3 aromatic rings. The fourth-order valence-corrected chi connectivity index (χ4v) is 3.84.